The summed E-state index contributed by atoms with van der Waals surface area (Å²) in [4.78, 5) is 11.7. The van der Waals surface area contributed by atoms with E-state index in [1.54, 1.807) is 0 Å². The lowest BCUT2D eigenvalue weighted by Gasteiger charge is -2.13. The Hall–Kier alpha value is -0.330. The number of hydrogen-bond donors (Lipinski definition) is 0. The Morgan fingerprint density at radius 1 is 1.20 bits per heavy atom. The van der Waals surface area contributed by atoms with Gasteiger partial charge in [0, 0.05) is 12.3 Å². The van der Waals surface area contributed by atoms with E-state index in [1.165, 1.54) is 25.7 Å². The highest BCUT2D eigenvalue weighted by atomic mass is 16.1. The zero-order valence-electron chi connectivity index (χ0n) is 11.0. The molecule has 1 aliphatic rings. The van der Waals surface area contributed by atoms with Crippen molar-refractivity contribution >= 4 is 5.78 Å². The number of Topliss-reactive ketones (excluding diaryl/α,β-unsaturated/α-hetero) is 1. The fourth-order valence-electron chi connectivity index (χ4n) is 2.36. The predicted molar refractivity (Wildman–Crippen MR) is 67.0 cm³/mol. The SMILES string of the molecule is CC.CCCCCC(=O)C1CCCC1C. The van der Waals surface area contributed by atoms with E-state index in [0.717, 1.165) is 19.3 Å². The van der Waals surface area contributed by atoms with Crippen LogP contribution in [-0.4, -0.2) is 5.78 Å². The number of hydrogen-bond acceptors (Lipinski definition) is 1. The smallest absolute Gasteiger partial charge is 0.136 e. The molecule has 0 spiro atoms. The van der Waals surface area contributed by atoms with Crippen LogP contribution in [0.25, 0.3) is 0 Å². The first kappa shape index (κ1) is 14.7. The van der Waals surface area contributed by atoms with E-state index < -0.39 is 0 Å². The quantitative estimate of drug-likeness (QED) is 0.609. The van der Waals surface area contributed by atoms with Crippen molar-refractivity contribution in [1.29, 1.82) is 0 Å². The zero-order chi connectivity index (χ0) is 11.7. The van der Waals surface area contributed by atoms with Gasteiger partial charge in [0.1, 0.15) is 5.78 Å². The zero-order valence-corrected chi connectivity index (χ0v) is 11.0. The van der Waals surface area contributed by atoms with Gasteiger partial charge in [-0.1, -0.05) is 47.0 Å². The minimum Gasteiger partial charge on any atom is -0.299 e. The molecule has 0 bridgehead atoms. The third-order valence-electron chi connectivity index (χ3n) is 3.30. The summed E-state index contributed by atoms with van der Waals surface area (Å²) in [5.41, 5.74) is 0. The van der Waals surface area contributed by atoms with Gasteiger partial charge in [-0.05, 0) is 25.2 Å². The number of rotatable bonds is 5. The largest absolute Gasteiger partial charge is 0.299 e. The van der Waals surface area contributed by atoms with Crippen LogP contribution in [0.2, 0.25) is 0 Å². The van der Waals surface area contributed by atoms with Crippen LogP contribution in [0, 0.1) is 11.8 Å². The molecule has 0 amide bonds. The number of carbonyl (C=O) groups excluding carboxylic acids is 1. The molecule has 0 heterocycles. The average Bonchev–Trinajstić information content (AvgIpc) is 2.68. The average molecular weight is 212 g/mol. The molecule has 1 fully saturated rings. The topological polar surface area (TPSA) is 17.1 Å². The Labute approximate surface area is 95.6 Å². The van der Waals surface area contributed by atoms with Gasteiger partial charge in [0.05, 0.1) is 0 Å². The molecule has 0 aliphatic heterocycles. The van der Waals surface area contributed by atoms with Gasteiger partial charge < -0.3 is 0 Å². The fraction of sp³-hybridized carbons (Fsp3) is 0.929. The molecule has 0 aromatic heterocycles. The second-order valence-electron chi connectivity index (χ2n) is 4.44. The summed E-state index contributed by atoms with van der Waals surface area (Å²) in [5, 5.41) is 0. The molecular weight excluding hydrogens is 184 g/mol. The first-order valence-electron chi connectivity index (χ1n) is 6.78. The van der Waals surface area contributed by atoms with E-state index in [9.17, 15) is 4.79 Å². The van der Waals surface area contributed by atoms with Crippen molar-refractivity contribution in [1.82, 2.24) is 0 Å². The maximum absolute atomic E-state index is 11.7. The van der Waals surface area contributed by atoms with Gasteiger partial charge in [0.15, 0.2) is 0 Å². The third kappa shape index (κ3) is 5.34. The molecule has 0 N–H and O–H groups in total. The lowest BCUT2D eigenvalue weighted by atomic mass is 9.91. The van der Waals surface area contributed by atoms with Gasteiger partial charge >= 0.3 is 0 Å². The molecule has 15 heavy (non-hydrogen) atoms. The van der Waals surface area contributed by atoms with E-state index in [2.05, 4.69) is 13.8 Å². The first-order chi connectivity index (χ1) is 7.25. The molecule has 1 nitrogen and oxygen atoms in total. The third-order valence-corrected chi connectivity index (χ3v) is 3.30. The summed E-state index contributed by atoms with van der Waals surface area (Å²) in [6.07, 6.45) is 8.07. The molecule has 1 aliphatic carbocycles. The van der Waals surface area contributed by atoms with E-state index in [-0.39, 0.29) is 0 Å². The number of unbranched alkanes of at least 4 members (excludes halogenated alkanes) is 2. The van der Waals surface area contributed by atoms with Crippen molar-refractivity contribution in [2.24, 2.45) is 11.8 Å². The Morgan fingerprint density at radius 2 is 1.87 bits per heavy atom. The van der Waals surface area contributed by atoms with Crippen molar-refractivity contribution in [2.75, 3.05) is 0 Å². The minimum absolute atomic E-state index is 0.414. The van der Waals surface area contributed by atoms with Gasteiger partial charge in [0.25, 0.3) is 0 Å². The maximum atomic E-state index is 11.7. The minimum atomic E-state index is 0.414. The predicted octanol–water partition coefficient (Wildman–Crippen LogP) is 4.60. The summed E-state index contributed by atoms with van der Waals surface area (Å²) >= 11 is 0. The molecule has 1 saturated carbocycles. The van der Waals surface area contributed by atoms with Gasteiger partial charge in [-0.3, -0.25) is 4.79 Å². The standard InChI is InChI=1S/C12H22O.C2H6/c1-3-4-5-9-12(13)11-8-6-7-10(11)2;1-2/h10-11H,3-9H2,1-2H3;1-2H3. The van der Waals surface area contributed by atoms with Crippen LogP contribution in [0.15, 0.2) is 0 Å². The molecule has 90 valence electrons. The molecule has 2 atom stereocenters. The Morgan fingerprint density at radius 3 is 2.33 bits per heavy atom. The summed E-state index contributed by atoms with van der Waals surface area (Å²) in [5.74, 6) is 1.62. The maximum Gasteiger partial charge on any atom is 0.136 e. The van der Waals surface area contributed by atoms with E-state index in [4.69, 9.17) is 0 Å². The summed E-state index contributed by atoms with van der Waals surface area (Å²) in [6, 6.07) is 0. The first-order valence-corrected chi connectivity index (χ1v) is 6.78. The van der Waals surface area contributed by atoms with Crippen LogP contribution in [0.3, 0.4) is 0 Å². The van der Waals surface area contributed by atoms with Gasteiger partial charge in [-0.2, -0.15) is 0 Å². The highest BCUT2D eigenvalue weighted by Gasteiger charge is 2.28. The molecule has 0 aromatic rings. The van der Waals surface area contributed by atoms with Crippen LogP contribution in [-0.2, 0) is 4.79 Å². The lowest BCUT2D eigenvalue weighted by molar-refractivity contribution is -0.123. The molecule has 2 unspecified atom stereocenters. The molecular formula is C14H28O. The second kappa shape index (κ2) is 8.94. The number of carbonyl (C=O) groups is 1. The van der Waals surface area contributed by atoms with Crippen molar-refractivity contribution in [3.8, 4) is 0 Å². The van der Waals surface area contributed by atoms with E-state index in [0.29, 0.717) is 17.6 Å². The highest BCUT2D eigenvalue weighted by molar-refractivity contribution is 5.81. The van der Waals surface area contributed by atoms with Crippen molar-refractivity contribution in [2.45, 2.75) is 72.6 Å². The van der Waals surface area contributed by atoms with E-state index >= 15 is 0 Å². The second-order valence-corrected chi connectivity index (χ2v) is 4.44. The van der Waals surface area contributed by atoms with Gasteiger partial charge in [-0.15, -0.1) is 0 Å². The Kier molecular flexibility index (Phi) is 8.74. The molecule has 1 heteroatoms. The van der Waals surface area contributed by atoms with Crippen molar-refractivity contribution < 1.29 is 4.79 Å². The van der Waals surface area contributed by atoms with E-state index in [1.807, 2.05) is 13.8 Å². The van der Waals surface area contributed by atoms with Crippen LogP contribution in [0.5, 0.6) is 0 Å². The van der Waals surface area contributed by atoms with Crippen LogP contribution in [0.1, 0.15) is 72.6 Å². The normalized spacial score (nSPS) is 24.5. The summed E-state index contributed by atoms with van der Waals surface area (Å²) in [7, 11) is 0. The Bertz CT molecular complexity index is 163. The highest BCUT2D eigenvalue weighted by Crippen LogP contribution is 2.32. The number of ketones is 1. The molecule has 0 saturated heterocycles. The molecule has 1 rings (SSSR count). The van der Waals surface area contributed by atoms with Gasteiger partial charge in [-0.25, -0.2) is 0 Å². The molecule has 0 aromatic carbocycles. The lowest BCUT2D eigenvalue weighted by Crippen LogP contribution is -2.16. The van der Waals surface area contributed by atoms with Crippen LogP contribution >= 0.6 is 0 Å². The summed E-state index contributed by atoms with van der Waals surface area (Å²) in [6.45, 7) is 8.41. The van der Waals surface area contributed by atoms with Crippen LogP contribution < -0.4 is 0 Å². The fourth-order valence-corrected chi connectivity index (χ4v) is 2.36. The van der Waals surface area contributed by atoms with Crippen LogP contribution in [0.4, 0.5) is 0 Å². The van der Waals surface area contributed by atoms with Crippen molar-refractivity contribution in [3.63, 3.8) is 0 Å². The van der Waals surface area contributed by atoms with Crippen molar-refractivity contribution in [3.05, 3.63) is 0 Å². The monoisotopic (exact) mass is 212 g/mol. The summed E-state index contributed by atoms with van der Waals surface area (Å²) < 4.78 is 0. The Balaban J connectivity index is 0.000000921. The van der Waals surface area contributed by atoms with Gasteiger partial charge in [0.2, 0.25) is 0 Å². The molecule has 0 radical (unpaired) electrons.